The van der Waals surface area contributed by atoms with Crippen LogP contribution in [-0.4, -0.2) is 42.5 Å². The monoisotopic (exact) mass is 337 g/mol. The van der Waals surface area contributed by atoms with Gasteiger partial charge < -0.3 is 15.4 Å². The van der Waals surface area contributed by atoms with Crippen LogP contribution in [0.3, 0.4) is 0 Å². The van der Waals surface area contributed by atoms with Crippen LogP contribution in [0.2, 0.25) is 0 Å². The molecule has 4 heteroatoms. The number of rotatable bonds is 4. The molecule has 0 amide bonds. The van der Waals surface area contributed by atoms with Gasteiger partial charge in [0.2, 0.25) is 0 Å². The predicted molar refractivity (Wildman–Crippen MR) is 101 cm³/mol. The third kappa shape index (κ3) is 3.43. The van der Waals surface area contributed by atoms with E-state index in [-0.39, 0.29) is 0 Å². The van der Waals surface area contributed by atoms with E-state index in [2.05, 4.69) is 35.0 Å². The predicted octanol–water partition coefficient (Wildman–Crippen LogP) is 3.39. The van der Waals surface area contributed by atoms with E-state index in [4.69, 9.17) is 10.5 Å². The highest BCUT2D eigenvalue weighted by Crippen LogP contribution is 2.39. The van der Waals surface area contributed by atoms with Crippen LogP contribution in [0, 0.1) is 0 Å². The number of hydrogen-bond acceptors (Lipinski definition) is 4. The average Bonchev–Trinajstić information content (AvgIpc) is 3.01. The van der Waals surface area contributed by atoms with E-state index in [0.29, 0.717) is 18.6 Å². The van der Waals surface area contributed by atoms with Gasteiger partial charge in [0, 0.05) is 25.2 Å². The summed E-state index contributed by atoms with van der Waals surface area (Å²) >= 11 is 0. The minimum absolute atomic E-state index is 0.308. The van der Waals surface area contributed by atoms with Crippen LogP contribution in [0.4, 0.5) is 0 Å². The quantitative estimate of drug-likeness (QED) is 0.928. The first-order valence-electron chi connectivity index (χ1n) is 9.24. The van der Waals surface area contributed by atoms with Crippen LogP contribution in [-0.2, 0) is 6.54 Å². The SMILES string of the molecule is CN1CCC(N2Cc3ccc(Oc4ccccc4)cc3C2CN)CC1. The van der Waals surface area contributed by atoms with Crippen molar-refractivity contribution in [1.29, 1.82) is 0 Å². The van der Waals surface area contributed by atoms with E-state index >= 15 is 0 Å². The van der Waals surface area contributed by atoms with Crippen molar-refractivity contribution in [2.75, 3.05) is 26.7 Å². The van der Waals surface area contributed by atoms with Crippen molar-refractivity contribution in [3.8, 4) is 11.5 Å². The average molecular weight is 337 g/mol. The molecule has 2 N–H and O–H groups in total. The minimum Gasteiger partial charge on any atom is -0.457 e. The Balaban J connectivity index is 1.54. The van der Waals surface area contributed by atoms with Crippen molar-refractivity contribution in [2.24, 2.45) is 5.73 Å². The molecular formula is C21H27N3O. The van der Waals surface area contributed by atoms with Crippen molar-refractivity contribution < 1.29 is 4.74 Å². The van der Waals surface area contributed by atoms with Crippen molar-refractivity contribution >= 4 is 0 Å². The number of fused-ring (bicyclic) bond motifs is 1. The van der Waals surface area contributed by atoms with Crippen molar-refractivity contribution in [1.82, 2.24) is 9.80 Å². The highest BCUT2D eigenvalue weighted by Gasteiger charge is 2.35. The maximum absolute atomic E-state index is 6.18. The zero-order valence-corrected chi connectivity index (χ0v) is 14.9. The van der Waals surface area contributed by atoms with Crippen LogP contribution < -0.4 is 10.5 Å². The number of likely N-dealkylation sites (tertiary alicyclic amines) is 1. The Morgan fingerprint density at radius 2 is 1.80 bits per heavy atom. The summed E-state index contributed by atoms with van der Waals surface area (Å²) in [6.07, 6.45) is 2.46. The molecule has 0 aromatic heterocycles. The molecule has 4 rings (SSSR count). The molecule has 1 atom stereocenters. The summed E-state index contributed by atoms with van der Waals surface area (Å²) < 4.78 is 6.03. The molecule has 2 aliphatic heterocycles. The van der Waals surface area contributed by atoms with E-state index < -0.39 is 0 Å². The lowest BCUT2D eigenvalue weighted by Gasteiger charge is -2.38. The zero-order valence-electron chi connectivity index (χ0n) is 14.9. The van der Waals surface area contributed by atoms with Gasteiger partial charge in [-0.25, -0.2) is 0 Å². The number of benzene rings is 2. The number of nitrogens with zero attached hydrogens (tertiary/aromatic N) is 2. The van der Waals surface area contributed by atoms with Crippen LogP contribution in [0.5, 0.6) is 11.5 Å². The lowest BCUT2D eigenvalue weighted by molar-refractivity contribution is 0.0908. The fraction of sp³-hybridized carbons (Fsp3) is 0.429. The normalized spacial score (nSPS) is 22.1. The summed E-state index contributed by atoms with van der Waals surface area (Å²) in [5.41, 5.74) is 8.92. The van der Waals surface area contributed by atoms with E-state index in [9.17, 15) is 0 Å². The van der Waals surface area contributed by atoms with Gasteiger partial charge in [-0.1, -0.05) is 24.3 Å². The topological polar surface area (TPSA) is 41.7 Å². The molecule has 4 nitrogen and oxygen atoms in total. The van der Waals surface area contributed by atoms with Crippen LogP contribution in [0.25, 0.3) is 0 Å². The number of hydrogen-bond donors (Lipinski definition) is 1. The molecule has 0 saturated carbocycles. The molecule has 132 valence electrons. The van der Waals surface area contributed by atoms with Gasteiger partial charge in [0.05, 0.1) is 0 Å². The molecule has 0 bridgehead atoms. The molecular weight excluding hydrogens is 310 g/mol. The van der Waals surface area contributed by atoms with Gasteiger partial charge in [-0.3, -0.25) is 4.90 Å². The lowest BCUT2D eigenvalue weighted by atomic mass is 10.0. The molecule has 2 heterocycles. The number of piperidine rings is 1. The van der Waals surface area contributed by atoms with Crippen LogP contribution in [0.15, 0.2) is 48.5 Å². The first kappa shape index (κ1) is 16.6. The highest BCUT2D eigenvalue weighted by molar-refractivity contribution is 5.42. The summed E-state index contributed by atoms with van der Waals surface area (Å²) in [6.45, 7) is 4.03. The Hall–Kier alpha value is -1.88. The van der Waals surface area contributed by atoms with Crippen molar-refractivity contribution in [3.05, 3.63) is 59.7 Å². The van der Waals surface area contributed by atoms with Gasteiger partial charge in [-0.15, -0.1) is 0 Å². The number of nitrogens with two attached hydrogens (primary N) is 1. The lowest BCUT2D eigenvalue weighted by Crippen LogP contribution is -2.44. The van der Waals surface area contributed by atoms with E-state index in [1.165, 1.54) is 37.1 Å². The zero-order chi connectivity index (χ0) is 17.2. The highest BCUT2D eigenvalue weighted by atomic mass is 16.5. The molecule has 2 aromatic rings. The number of ether oxygens (including phenoxy) is 1. The summed E-state index contributed by atoms with van der Waals surface area (Å²) in [6, 6.07) is 17.4. The Kier molecular flexibility index (Phi) is 4.75. The van der Waals surface area contributed by atoms with Crippen molar-refractivity contribution in [3.63, 3.8) is 0 Å². The van der Waals surface area contributed by atoms with Gasteiger partial charge in [0.25, 0.3) is 0 Å². The third-order valence-corrected chi connectivity index (χ3v) is 5.59. The van der Waals surface area contributed by atoms with Gasteiger partial charge >= 0.3 is 0 Å². The van der Waals surface area contributed by atoms with Crippen LogP contribution in [0.1, 0.15) is 30.0 Å². The maximum Gasteiger partial charge on any atom is 0.127 e. The maximum atomic E-state index is 6.18. The van der Waals surface area contributed by atoms with Gasteiger partial charge in [0.15, 0.2) is 0 Å². The van der Waals surface area contributed by atoms with E-state index in [0.717, 1.165) is 18.0 Å². The van der Waals surface area contributed by atoms with Gasteiger partial charge in [-0.2, -0.15) is 0 Å². The Morgan fingerprint density at radius 1 is 1.04 bits per heavy atom. The Bertz CT molecular complexity index is 710. The van der Waals surface area contributed by atoms with E-state index in [1.54, 1.807) is 0 Å². The third-order valence-electron chi connectivity index (χ3n) is 5.59. The largest absolute Gasteiger partial charge is 0.457 e. The molecule has 0 aliphatic carbocycles. The molecule has 0 radical (unpaired) electrons. The minimum atomic E-state index is 0.308. The second-order valence-electron chi connectivity index (χ2n) is 7.23. The van der Waals surface area contributed by atoms with Gasteiger partial charge in [0.1, 0.15) is 11.5 Å². The molecule has 1 unspecified atom stereocenters. The molecule has 2 aliphatic rings. The molecule has 1 fully saturated rings. The smallest absolute Gasteiger partial charge is 0.127 e. The first-order valence-corrected chi connectivity index (χ1v) is 9.24. The first-order chi connectivity index (χ1) is 12.2. The van der Waals surface area contributed by atoms with Crippen molar-refractivity contribution in [2.45, 2.75) is 31.5 Å². The molecule has 1 saturated heterocycles. The second-order valence-corrected chi connectivity index (χ2v) is 7.23. The van der Waals surface area contributed by atoms with Crippen LogP contribution >= 0.6 is 0 Å². The summed E-state index contributed by atoms with van der Waals surface area (Å²) in [5.74, 6) is 1.77. The fourth-order valence-corrected chi connectivity index (χ4v) is 4.17. The standard InChI is InChI=1S/C21H27N3O/c1-23-11-9-17(10-12-23)24-15-16-7-8-19(13-20(16)21(24)14-22)25-18-5-3-2-4-6-18/h2-8,13,17,21H,9-12,14-15,22H2,1H3. The van der Waals surface area contributed by atoms with Gasteiger partial charge in [-0.05, 0) is 68.4 Å². The fourth-order valence-electron chi connectivity index (χ4n) is 4.17. The number of para-hydroxylation sites is 1. The Morgan fingerprint density at radius 3 is 2.52 bits per heavy atom. The molecule has 2 aromatic carbocycles. The second kappa shape index (κ2) is 7.16. The Labute approximate surface area is 150 Å². The summed E-state index contributed by atoms with van der Waals surface area (Å²) in [7, 11) is 2.21. The molecule has 25 heavy (non-hydrogen) atoms. The summed E-state index contributed by atoms with van der Waals surface area (Å²) in [4.78, 5) is 5.03. The molecule has 0 spiro atoms. The van der Waals surface area contributed by atoms with E-state index in [1.807, 2.05) is 30.3 Å². The summed E-state index contributed by atoms with van der Waals surface area (Å²) in [5, 5.41) is 0.